The summed E-state index contributed by atoms with van der Waals surface area (Å²) in [4.78, 5) is 7.30. The maximum absolute atomic E-state index is 9.42. The van der Waals surface area contributed by atoms with E-state index >= 15 is 0 Å². The first kappa shape index (κ1) is 22.5. The Morgan fingerprint density at radius 3 is 2.85 bits per heavy atom. The van der Waals surface area contributed by atoms with Crippen LogP contribution in [-0.2, 0) is 6.54 Å². The zero-order valence-electron chi connectivity index (χ0n) is 19.2. The second-order valence-corrected chi connectivity index (χ2v) is 9.37. The molecular weight excluding hydrogens is 443 g/mol. The highest BCUT2D eigenvalue weighted by Gasteiger charge is 2.21. The van der Waals surface area contributed by atoms with Crippen LogP contribution < -0.4 is 10.8 Å². The summed E-state index contributed by atoms with van der Waals surface area (Å²) in [6.07, 6.45) is 4.17. The zero-order chi connectivity index (χ0) is 23.5. The molecule has 2 aromatic carbocycles. The second kappa shape index (κ2) is 9.88. The Morgan fingerprint density at radius 2 is 2.00 bits per heavy atom. The van der Waals surface area contributed by atoms with Crippen molar-refractivity contribution in [2.45, 2.75) is 19.4 Å². The monoisotopic (exact) mass is 468 g/mol. The first-order valence-corrected chi connectivity index (χ1v) is 12.0. The molecule has 8 heteroatoms. The number of piperidine rings is 1. The van der Waals surface area contributed by atoms with Crippen LogP contribution in [0.3, 0.4) is 0 Å². The van der Waals surface area contributed by atoms with Crippen molar-refractivity contribution in [2.24, 2.45) is 5.92 Å². The van der Waals surface area contributed by atoms with Gasteiger partial charge in [-0.1, -0.05) is 48.0 Å². The predicted molar refractivity (Wildman–Crippen MR) is 139 cm³/mol. The van der Waals surface area contributed by atoms with Gasteiger partial charge in [-0.25, -0.2) is 4.98 Å². The van der Waals surface area contributed by atoms with Crippen LogP contribution >= 0.6 is 11.6 Å². The molecule has 0 bridgehead atoms. The van der Waals surface area contributed by atoms with Gasteiger partial charge in [0, 0.05) is 42.5 Å². The van der Waals surface area contributed by atoms with Crippen molar-refractivity contribution < 1.29 is 0 Å². The van der Waals surface area contributed by atoms with Gasteiger partial charge >= 0.3 is 0 Å². The standard InChI is InChI=1S/C26H26BClN6/c27-22-15-31-34-25(12-24(32-26(22)34)21-9-3-4-10-23(21)28)30-14-18-6-5-11-33(16-18)17-20-8-2-1-7-19(20)13-29/h1-4,7-10,12,15,18,30H,5-6,11,14,16-17,27H2. The molecule has 0 spiro atoms. The van der Waals surface area contributed by atoms with Gasteiger partial charge in [-0.05, 0) is 48.5 Å². The summed E-state index contributed by atoms with van der Waals surface area (Å²) in [5.74, 6) is 1.42. The molecule has 6 nitrogen and oxygen atoms in total. The SMILES string of the molecule is Bc1cnn2c(NCC3CCCN(Cc4ccccc4C#N)C3)cc(-c3ccccc3Cl)nc12. The van der Waals surface area contributed by atoms with Crippen molar-refractivity contribution in [3.05, 3.63) is 76.9 Å². The van der Waals surface area contributed by atoms with Crippen LogP contribution in [0, 0.1) is 17.2 Å². The summed E-state index contributed by atoms with van der Waals surface area (Å²) in [6.45, 7) is 3.71. The molecule has 1 fully saturated rings. The number of halogens is 1. The average molecular weight is 469 g/mol. The van der Waals surface area contributed by atoms with E-state index in [1.54, 1.807) is 0 Å². The van der Waals surface area contributed by atoms with E-state index < -0.39 is 0 Å². The average Bonchev–Trinajstić information content (AvgIpc) is 3.24. The molecule has 1 aliphatic heterocycles. The highest BCUT2D eigenvalue weighted by molar-refractivity contribution is 6.36. The van der Waals surface area contributed by atoms with E-state index in [1.807, 2.05) is 67.1 Å². The van der Waals surface area contributed by atoms with Gasteiger partial charge in [0.2, 0.25) is 0 Å². The number of hydrogen-bond donors (Lipinski definition) is 1. The Kier molecular flexibility index (Phi) is 6.53. The van der Waals surface area contributed by atoms with Gasteiger partial charge in [-0.2, -0.15) is 14.9 Å². The minimum absolute atomic E-state index is 0.506. The maximum Gasteiger partial charge on any atom is 0.151 e. The van der Waals surface area contributed by atoms with E-state index in [4.69, 9.17) is 16.6 Å². The molecule has 4 aromatic rings. The number of nitrogens with one attached hydrogen (secondary N) is 1. The van der Waals surface area contributed by atoms with E-state index in [0.717, 1.165) is 71.9 Å². The lowest BCUT2D eigenvalue weighted by atomic mass is 9.97. The summed E-state index contributed by atoms with van der Waals surface area (Å²) in [5, 5.41) is 18.3. The van der Waals surface area contributed by atoms with Crippen molar-refractivity contribution in [3.8, 4) is 17.3 Å². The second-order valence-electron chi connectivity index (χ2n) is 8.96. The molecule has 5 rings (SSSR count). The highest BCUT2D eigenvalue weighted by atomic mass is 35.5. The summed E-state index contributed by atoms with van der Waals surface area (Å²) < 4.78 is 1.87. The Labute approximate surface area is 205 Å². The van der Waals surface area contributed by atoms with Gasteiger partial charge < -0.3 is 5.32 Å². The maximum atomic E-state index is 9.42. The fourth-order valence-electron chi connectivity index (χ4n) is 4.72. The molecule has 170 valence electrons. The quantitative estimate of drug-likeness (QED) is 0.439. The molecule has 1 N–H and O–H groups in total. The number of nitrogens with zero attached hydrogens (tertiary/aromatic N) is 5. The lowest BCUT2D eigenvalue weighted by molar-refractivity contribution is 0.173. The predicted octanol–water partition coefficient (Wildman–Crippen LogP) is 3.50. The third-order valence-electron chi connectivity index (χ3n) is 6.50. The fourth-order valence-corrected chi connectivity index (χ4v) is 4.96. The first-order chi connectivity index (χ1) is 16.6. The minimum atomic E-state index is 0.506. The minimum Gasteiger partial charge on any atom is -0.370 e. The smallest absolute Gasteiger partial charge is 0.151 e. The fraction of sp³-hybridized carbons (Fsp3) is 0.269. The number of nitriles is 1. The third kappa shape index (κ3) is 4.65. The van der Waals surface area contributed by atoms with Crippen LogP contribution in [0.5, 0.6) is 0 Å². The number of anilines is 1. The van der Waals surface area contributed by atoms with Crippen LogP contribution in [0.2, 0.25) is 5.02 Å². The lowest BCUT2D eigenvalue weighted by Gasteiger charge is -2.33. The molecular formula is C26H26BClN6. The summed E-state index contributed by atoms with van der Waals surface area (Å²) in [7, 11) is 2.02. The number of aromatic nitrogens is 3. The zero-order valence-corrected chi connectivity index (χ0v) is 20.0. The topological polar surface area (TPSA) is 69.2 Å². The van der Waals surface area contributed by atoms with Gasteiger partial charge in [0.25, 0.3) is 0 Å². The van der Waals surface area contributed by atoms with Crippen molar-refractivity contribution in [1.29, 1.82) is 5.26 Å². The van der Waals surface area contributed by atoms with Gasteiger partial charge in [-0.3, -0.25) is 4.90 Å². The van der Waals surface area contributed by atoms with E-state index in [9.17, 15) is 5.26 Å². The Hall–Kier alpha value is -3.34. The van der Waals surface area contributed by atoms with Gasteiger partial charge in [0.15, 0.2) is 5.65 Å². The Bertz CT molecular complexity index is 1360. The van der Waals surface area contributed by atoms with Crippen molar-refractivity contribution in [1.82, 2.24) is 19.5 Å². The molecule has 0 aliphatic carbocycles. The van der Waals surface area contributed by atoms with E-state index in [1.165, 1.54) is 6.42 Å². The van der Waals surface area contributed by atoms with Gasteiger partial charge in [0.05, 0.1) is 17.3 Å². The van der Waals surface area contributed by atoms with E-state index in [2.05, 4.69) is 27.5 Å². The number of likely N-dealkylation sites (tertiary alicyclic amines) is 1. The molecule has 34 heavy (non-hydrogen) atoms. The number of hydrogen-bond acceptors (Lipinski definition) is 5. The molecule has 0 radical (unpaired) electrons. The van der Waals surface area contributed by atoms with Crippen LogP contribution in [0.25, 0.3) is 16.9 Å². The Balaban J connectivity index is 1.33. The molecule has 0 amide bonds. The van der Waals surface area contributed by atoms with Crippen LogP contribution in [-0.4, -0.2) is 47.0 Å². The van der Waals surface area contributed by atoms with Crippen molar-refractivity contribution in [2.75, 3.05) is 25.0 Å². The van der Waals surface area contributed by atoms with Gasteiger partial charge in [-0.15, -0.1) is 0 Å². The largest absolute Gasteiger partial charge is 0.370 e. The molecule has 3 heterocycles. The molecule has 2 aromatic heterocycles. The molecule has 0 saturated carbocycles. The summed E-state index contributed by atoms with van der Waals surface area (Å²) >= 11 is 6.47. The third-order valence-corrected chi connectivity index (χ3v) is 6.83. The first-order valence-electron chi connectivity index (χ1n) is 11.7. The highest BCUT2D eigenvalue weighted by Crippen LogP contribution is 2.28. The lowest BCUT2D eigenvalue weighted by Crippen LogP contribution is -2.37. The van der Waals surface area contributed by atoms with Crippen molar-refractivity contribution in [3.63, 3.8) is 0 Å². The van der Waals surface area contributed by atoms with Crippen LogP contribution in [0.15, 0.2) is 60.8 Å². The van der Waals surface area contributed by atoms with Crippen molar-refractivity contribution >= 4 is 36.4 Å². The molecule has 1 atom stereocenters. The van der Waals surface area contributed by atoms with E-state index in [-0.39, 0.29) is 0 Å². The van der Waals surface area contributed by atoms with E-state index in [0.29, 0.717) is 10.9 Å². The number of fused-ring (bicyclic) bond motifs is 1. The molecule has 1 aliphatic rings. The summed E-state index contributed by atoms with van der Waals surface area (Å²) in [6, 6.07) is 20.0. The normalized spacial score (nSPS) is 16.4. The number of rotatable bonds is 6. The van der Waals surface area contributed by atoms with Crippen LogP contribution in [0.4, 0.5) is 5.82 Å². The molecule has 1 unspecified atom stereocenters. The Morgan fingerprint density at radius 1 is 1.18 bits per heavy atom. The summed E-state index contributed by atoms with van der Waals surface area (Å²) in [5.41, 5.74) is 5.47. The van der Waals surface area contributed by atoms with Crippen LogP contribution in [0.1, 0.15) is 24.0 Å². The number of benzene rings is 2. The van der Waals surface area contributed by atoms with Gasteiger partial charge in [0.1, 0.15) is 13.7 Å². The molecule has 1 saturated heterocycles.